The van der Waals surface area contributed by atoms with E-state index in [2.05, 4.69) is 19.2 Å². The molecule has 3 rings (SSSR count). The largest absolute Gasteiger partial charge is 0.454 e. The predicted octanol–water partition coefficient (Wildman–Crippen LogP) is 6.13. The smallest absolute Gasteiger partial charge is 0.274 e. The van der Waals surface area contributed by atoms with Gasteiger partial charge in [0.25, 0.3) is 5.56 Å². The lowest BCUT2D eigenvalue weighted by molar-refractivity contribution is 0.439. The Labute approximate surface area is 182 Å². The number of aryl methyl sites for hydroxylation is 2. The minimum atomic E-state index is -0.824. The van der Waals surface area contributed by atoms with Gasteiger partial charge in [-0.3, -0.25) is 4.79 Å². The Balaban J connectivity index is 0.00000121. The maximum atomic E-state index is 14.1. The van der Waals surface area contributed by atoms with Crippen molar-refractivity contribution in [2.24, 2.45) is 7.05 Å². The van der Waals surface area contributed by atoms with Crippen LogP contribution in [0.2, 0.25) is 0 Å². The third-order valence-corrected chi connectivity index (χ3v) is 4.35. The summed E-state index contributed by atoms with van der Waals surface area (Å²) >= 11 is 0. The topological polar surface area (TPSA) is 67.1 Å². The van der Waals surface area contributed by atoms with Gasteiger partial charge in [-0.05, 0) is 31.2 Å². The first-order valence-corrected chi connectivity index (χ1v) is 9.93. The number of anilines is 1. The molecule has 0 amide bonds. The molecule has 2 N–H and O–H groups in total. The van der Waals surface area contributed by atoms with Crippen molar-refractivity contribution in [2.75, 3.05) is 12.4 Å². The minimum Gasteiger partial charge on any atom is -0.454 e. The van der Waals surface area contributed by atoms with Gasteiger partial charge in [-0.2, -0.15) is 0 Å². The molecule has 2 aromatic carbocycles. The molecule has 0 aliphatic carbocycles. The summed E-state index contributed by atoms with van der Waals surface area (Å²) in [5.41, 5.74) is 2.45. The number of halogens is 2. The second-order valence-corrected chi connectivity index (χ2v) is 7.03. The van der Waals surface area contributed by atoms with Gasteiger partial charge in [0, 0.05) is 50.7 Å². The van der Waals surface area contributed by atoms with Crippen molar-refractivity contribution in [2.45, 2.75) is 27.2 Å². The summed E-state index contributed by atoms with van der Waals surface area (Å²) in [6, 6.07) is 8.36. The molecule has 0 spiro atoms. The molecule has 1 heterocycles. The van der Waals surface area contributed by atoms with E-state index in [1.807, 2.05) is 13.0 Å². The Morgan fingerprint density at radius 1 is 1.13 bits per heavy atom. The molecular formula is C24H29F2N3O2. The van der Waals surface area contributed by atoms with Crippen LogP contribution in [0.1, 0.15) is 32.8 Å². The van der Waals surface area contributed by atoms with Gasteiger partial charge in [0.1, 0.15) is 17.3 Å². The van der Waals surface area contributed by atoms with E-state index in [0.29, 0.717) is 22.4 Å². The average molecular weight is 430 g/mol. The summed E-state index contributed by atoms with van der Waals surface area (Å²) in [6.07, 6.45) is 3.94. The summed E-state index contributed by atoms with van der Waals surface area (Å²) in [5, 5.41) is 10.6. The van der Waals surface area contributed by atoms with Crippen molar-refractivity contribution in [1.82, 2.24) is 4.57 Å². The summed E-state index contributed by atoms with van der Waals surface area (Å²) < 4.78 is 34.4. The van der Waals surface area contributed by atoms with Gasteiger partial charge in [-0.1, -0.05) is 31.9 Å². The molecular weight excluding hydrogens is 400 g/mol. The van der Waals surface area contributed by atoms with Crippen LogP contribution in [0, 0.1) is 24.0 Å². The van der Waals surface area contributed by atoms with Gasteiger partial charge in [0.15, 0.2) is 11.6 Å². The van der Waals surface area contributed by atoms with E-state index in [1.165, 1.54) is 17.1 Å². The lowest BCUT2D eigenvalue weighted by atomic mass is 9.98. The SMILES string of the molecule is CCC.CNc1c(C=N)c(-c2cc(C)ccc2Oc2ccc(F)cc2F)cn(C)c1=O.[HH]. The van der Waals surface area contributed by atoms with Crippen LogP contribution in [0.3, 0.4) is 0 Å². The molecule has 5 nitrogen and oxygen atoms in total. The van der Waals surface area contributed by atoms with Crippen LogP contribution in [0.25, 0.3) is 11.1 Å². The van der Waals surface area contributed by atoms with E-state index in [-0.39, 0.29) is 18.4 Å². The van der Waals surface area contributed by atoms with Crippen LogP contribution < -0.4 is 15.6 Å². The van der Waals surface area contributed by atoms with Crippen LogP contribution >= 0.6 is 0 Å². The molecule has 0 saturated carbocycles. The Morgan fingerprint density at radius 3 is 2.35 bits per heavy atom. The van der Waals surface area contributed by atoms with Crippen LogP contribution in [0.5, 0.6) is 11.5 Å². The highest BCUT2D eigenvalue weighted by Gasteiger charge is 2.18. The Kier molecular flexibility index (Phi) is 8.07. The van der Waals surface area contributed by atoms with Crippen LogP contribution in [-0.2, 0) is 7.05 Å². The molecule has 0 aliphatic rings. The van der Waals surface area contributed by atoms with E-state index in [9.17, 15) is 13.6 Å². The maximum absolute atomic E-state index is 14.1. The lowest BCUT2D eigenvalue weighted by Gasteiger charge is -2.17. The summed E-state index contributed by atoms with van der Waals surface area (Å²) in [6.45, 7) is 6.14. The number of nitrogens with zero attached hydrogens (tertiary/aromatic N) is 1. The van der Waals surface area contributed by atoms with Crippen LogP contribution in [0.4, 0.5) is 14.5 Å². The van der Waals surface area contributed by atoms with Gasteiger partial charge >= 0.3 is 0 Å². The van der Waals surface area contributed by atoms with Crippen molar-refractivity contribution >= 4 is 11.9 Å². The van der Waals surface area contributed by atoms with Crippen molar-refractivity contribution in [3.63, 3.8) is 0 Å². The van der Waals surface area contributed by atoms with Crippen LogP contribution in [0.15, 0.2) is 47.4 Å². The third-order valence-electron chi connectivity index (χ3n) is 4.35. The molecule has 1 aromatic heterocycles. The highest BCUT2D eigenvalue weighted by Crippen LogP contribution is 2.37. The van der Waals surface area contributed by atoms with Gasteiger partial charge in [0.2, 0.25) is 0 Å². The predicted molar refractivity (Wildman–Crippen MR) is 124 cm³/mol. The quantitative estimate of drug-likeness (QED) is 0.479. The molecule has 166 valence electrons. The zero-order valence-electron chi connectivity index (χ0n) is 18.3. The number of benzene rings is 2. The number of ether oxygens (including phenoxy) is 1. The standard InChI is InChI=1S/C21H19F2N3O2.C3H8.H2/c1-12-4-6-18(28-19-7-5-13(22)9-17(19)23)14(8-12)16-11-26(3)21(27)20(25-2)15(16)10-24;1-3-2;/h4-11,24-25H,1-3H3;3H2,1-2H3;1H. The first-order valence-electron chi connectivity index (χ1n) is 9.93. The van der Waals surface area contributed by atoms with Crippen molar-refractivity contribution < 1.29 is 14.9 Å². The van der Waals surface area contributed by atoms with E-state index < -0.39 is 11.6 Å². The number of hydrogen-bond acceptors (Lipinski definition) is 4. The zero-order valence-corrected chi connectivity index (χ0v) is 18.3. The fourth-order valence-electron chi connectivity index (χ4n) is 2.97. The molecule has 0 aliphatic heterocycles. The molecule has 7 heteroatoms. The van der Waals surface area contributed by atoms with Crippen LogP contribution in [-0.4, -0.2) is 17.8 Å². The fraction of sp³-hybridized carbons (Fsp3) is 0.250. The molecule has 0 fully saturated rings. The second-order valence-electron chi connectivity index (χ2n) is 7.03. The highest BCUT2D eigenvalue weighted by atomic mass is 19.1. The molecule has 0 unspecified atom stereocenters. The Hall–Kier alpha value is -3.48. The van der Waals surface area contributed by atoms with Crippen molar-refractivity contribution in [3.8, 4) is 22.6 Å². The number of hydrogen-bond donors (Lipinski definition) is 2. The first kappa shape index (κ1) is 23.8. The normalized spacial score (nSPS) is 10.2. The second kappa shape index (κ2) is 10.5. The Morgan fingerprint density at radius 2 is 1.77 bits per heavy atom. The average Bonchev–Trinajstić information content (AvgIpc) is 2.73. The molecule has 31 heavy (non-hydrogen) atoms. The van der Waals surface area contributed by atoms with Gasteiger partial charge in [-0.15, -0.1) is 0 Å². The summed E-state index contributed by atoms with van der Waals surface area (Å²) in [5.74, 6) is -1.33. The molecule has 0 atom stereocenters. The number of pyridine rings is 1. The van der Waals surface area contributed by atoms with Gasteiger partial charge < -0.3 is 20.0 Å². The van der Waals surface area contributed by atoms with Crippen molar-refractivity contribution in [3.05, 3.63) is 75.7 Å². The summed E-state index contributed by atoms with van der Waals surface area (Å²) in [7, 11) is 3.21. The number of nitrogens with one attached hydrogen (secondary N) is 2. The maximum Gasteiger partial charge on any atom is 0.274 e. The molecule has 0 saturated heterocycles. The highest BCUT2D eigenvalue weighted by molar-refractivity contribution is 5.96. The summed E-state index contributed by atoms with van der Waals surface area (Å²) in [4.78, 5) is 12.4. The molecule has 0 radical (unpaired) electrons. The van der Waals surface area contributed by atoms with Gasteiger partial charge in [-0.25, -0.2) is 8.78 Å². The Bertz CT molecular complexity index is 1150. The van der Waals surface area contributed by atoms with E-state index in [0.717, 1.165) is 23.9 Å². The van der Waals surface area contributed by atoms with E-state index in [1.54, 1.807) is 32.4 Å². The van der Waals surface area contributed by atoms with E-state index >= 15 is 0 Å². The molecule has 0 bridgehead atoms. The third kappa shape index (κ3) is 5.36. The molecule has 3 aromatic rings. The lowest BCUT2D eigenvalue weighted by Crippen LogP contribution is -2.22. The number of rotatable bonds is 5. The fourth-order valence-corrected chi connectivity index (χ4v) is 2.97. The van der Waals surface area contributed by atoms with E-state index in [4.69, 9.17) is 10.1 Å². The first-order chi connectivity index (χ1) is 14.8. The minimum absolute atomic E-state index is 0. The zero-order chi connectivity index (χ0) is 23.1. The number of aromatic nitrogens is 1. The van der Waals surface area contributed by atoms with Gasteiger partial charge in [0.05, 0.1) is 0 Å². The monoisotopic (exact) mass is 429 g/mol. The van der Waals surface area contributed by atoms with Crippen molar-refractivity contribution in [1.29, 1.82) is 5.41 Å².